The van der Waals surface area contributed by atoms with Crippen molar-refractivity contribution in [3.05, 3.63) is 95.1 Å². The van der Waals surface area contributed by atoms with Crippen LogP contribution in [-0.2, 0) is 25.7 Å². The first-order chi connectivity index (χ1) is 15.0. The number of alkyl halides is 2. The van der Waals surface area contributed by atoms with Crippen molar-refractivity contribution in [2.24, 2.45) is 17.3 Å². The van der Waals surface area contributed by atoms with Crippen LogP contribution < -0.4 is 0 Å². The van der Waals surface area contributed by atoms with Crippen LogP contribution in [0.15, 0.2) is 72.8 Å². The SMILES string of the molecule is BrC1(Br)CC12C1Cc3cc4ccccc4cc3CC2Cc2cc3ccccc3cc2C1. The molecule has 7 rings (SSSR count). The van der Waals surface area contributed by atoms with Gasteiger partial charge in [0.15, 0.2) is 0 Å². The van der Waals surface area contributed by atoms with Crippen LogP contribution in [0.4, 0.5) is 0 Å². The molecule has 3 aliphatic rings. The van der Waals surface area contributed by atoms with Crippen molar-refractivity contribution in [2.45, 2.75) is 35.3 Å². The van der Waals surface area contributed by atoms with Gasteiger partial charge in [0, 0.05) is 5.41 Å². The molecule has 1 fully saturated rings. The first kappa shape index (κ1) is 18.9. The number of fused-ring (bicyclic) bond motifs is 4. The number of halogens is 2. The Bertz CT molecular complexity index is 1180. The topological polar surface area (TPSA) is 0 Å². The Hall–Kier alpha value is -1.64. The second-order valence-electron chi connectivity index (χ2n) is 10.1. The second kappa shape index (κ2) is 6.45. The predicted octanol–water partition coefficient (Wildman–Crippen LogP) is 8.00. The highest BCUT2D eigenvalue weighted by molar-refractivity contribution is 9.25. The van der Waals surface area contributed by atoms with Gasteiger partial charge in [-0.2, -0.15) is 0 Å². The van der Waals surface area contributed by atoms with E-state index in [1.807, 2.05) is 0 Å². The lowest BCUT2D eigenvalue weighted by molar-refractivity contribution is 0.209. The monoisotopic (exact) mass is 530 g/mol. The first-order valence-corrected chi connectivity index (χ1v) is 13.0. The molecule has 1 saturated carbocycles. The molecule has 0 aliphatic heterocycles. The Morgan fingerprint density at radius 2 is 0.839 bits per heavy atom. The van der Waals surface area contributed by atoms with Crippen LogP contribution in [0.1, 0.15) is 28.7 Å². The Kier molecular flexibility index (Phi) is 3.93. The molecule has 0 N–H and O–H groups in total. The van der Waals surface area contributed by atoms with Crippen molar-refractivity contribution in [3.8, 4) is 0 Å². The fraction of sp³-hybridized carbons (Fsp3) is 0.310. The minimum Gasteiger partial charge on any atom is -0.0721 e. The van der Waals surface area contributed by atoms with Gasteiger partial charge in [-0.05, 0) is 87.7 Å². The summed E-state index contributed by atoms with van der Waals surface area (Å²) in [7, 11) is 0. The Morgan fingerprint density at radius 3 is 1.10 bits per heavy atom. The van der Waals surface area contributed by atoms with Gasteiger partial charge in [-0.3, -0.25) is 0 Å². The molecule has 4 aromatic rings. The standard InChI is InChI=1S/C29H24Br2/c30-29(31)17-28(29)26-13-22-9-18-5-1-2-6-19(18)10-23(22)14-27(28)16-25-12-21-8-4-3-7-20(21)11-24(25)15-26/h1-12,26-27H,13-17H2. The zero-order chi connectivity index (χ0) is 20.8. The predicted molar refractivity (Wildman–Crippen MR) is 137 cm³/mol. The third-order valence-corrected chi connectivity index (χ3v) is 10.6. The van der Waals surface area contributed by atoms with E-state index in [2.05, 4.69) is 105 Å². The summed E-state index contributed by atoms with van der Waals surface area (Å²) in [6, 6.07) is 27.7. The van der Waals surface area contributed by atoms with Crippen molar-refractivity contribution in [1.82, 2.24) is 0 Å². The molecule has 0 heterocycles. The van der Waals surface area contributed by atoms with Gasteiger partial charge < -0.3 is 0 Å². The summed E-state index contributed by atoms with van der Waals surface area (Å²) in [6.45, 7) is 0. The van der Waals surface area contributed by atoms with E-state index in [0.29, 0.717) is 17.3 Å². The summed E-state index contributed by atoms with van der Waals surface area (Å²) in [5.41, 5.74) is 6.65. The molecule has 0 atom stereocenters. The van der Waals surface area contributed by atoms with E-state index in [4.69, 9.17) is 0 Å². The zero-order valence-corrected chi connectivity index (χ0v) is 20.5. The molecule has 0 radical (unpaired) electrons. The van der Waals surface area contributed by atoms with Crippen molar-refractivity contribution >= 4 is 53.4 Å². The zero-order valence-electron chi connectivity index (χ0n) is 17.4. The van der Waals surface area contributed by atoms with Crippen molar-refractivity contribution < 1.29 is 0 Å². The molecule has 4 aromatic carbocycles. The highest BCUT2D eigenvalue weighted by atomic mass is 79.9. The molecule has 0 nitrogen and oxygen atoms in total. The van der Waals surface area contributed by atoms with E-state index < -0.39 is 0 Å². The van der Waals surface area contributed by atoms with Crippen LogP contribution in [0.3, 0.4) is 0 Å². The molecule has 2 bridgehead atoms. The minimum atomic E-state index is 0.0886. The van der Waals surface area contributed by atoms with Crippen LogP contribution >= 0.6 is 31.9 Å². The highest BCUT2D eigenvalue weighted by Crippen LogP contribution is 2.76. The molecular weight excluding hydrogens is 508 g/mol. The average molecular weight is 532 g/mol. The Labute approximate surface area is 200 Å². The summed E-state index contributed by atoms with van der Waals surface area (Å²) in [4.78, 5) is 0. The van der Waals surface area contributed by atoms with Crippen LogP contribution in [0.25, 0.3) is 21.5 Å². The van der Waals surface area contributed by atoms with Gasteiger partial charge in [-0.25, -0.2) is 0 Å². The maximum atomic E-state index is 4.12. The largest absolute Gasteiger partial charge is 0.0874 e. The van der Waals surface area contributed by atoms with E-state index in [1.54, 1.807) is 22.3 Å². The summed E-state index contributed by atoms with van der Waals surface area (Å²) in [6.07, 6.45) is 5.96. The van der Waals surface area contributed by atoms with Crippen molar-refractivity contribution in [2.75, 3.05) is 0 Å². The summed E-state index contributed by atoms with van der Waals surface area (Å²) in [5, 5.41) is 5.54. The highest BCUT2D eigenvalue weighted by Gasteiger charge is 2.72. The van der Waals surface area contributed by atoms with Gasteiger partial charge in [0.1, 0.15) is 0 Å². The number of hydrogen-bond acceptors (Lipinski definition) is 0. The molecule has 0 unspecified atom stereocenters. The first-order valence-electron chi connectivity index (χ1n) is 11.4. The quantitative estimate of drug-likeness (QED) is 0.202. The second-order valence-corrected chi connectivity index (χ2v) is 13.8. The van der Waals surface area contributed by atoms with Crippen molar-refractivity contribution in [3.63, 3.8) is 0 Å². The lowest BCUT2D eigenvalue weighted by Gasteiger charge is -2.32. The average Bonchev–Trinajstić information content (AvgIpc) is 3.41. The summed E-state index contributed by atoms with van der Waals surface area (Å²) in [5.74, 6) is 1.31. The van der Waals surface area contributed by atoms with Crippen LogP contribution in [0.2, 0.25) is 0 Å². The van der Waals surface area contributed by atoms with Crippen LogP contribution in [-0.4, -0.2) is 3.23 Å². The smallest absolute Gasteiger partial charge is 0.0721 e. The molecule has 3 aliphatic carbocycles. The third-order valence-electron chi connectivity index (χ3n) is 8.53. The molecule has 0 aromatic heterocycles. The maximum absolute atomic E-state index is 4.12. The molecule has 0 saturated heterocycles. The molecule has 2 heteroatoms. The van der Waals surface area contributed by atoms with Gasteiger partial charge in [-0.1, -0.05) is 105 Å². The van der Waals surface area contributed by atoms with Gasteiger partial charge in [0.05, 0.1) is 3.23 Å². The Balaban J connectivity index is 1.42. The fourth-order valence-electron chi connectivity index (χ4n) is 6.91. The maximum Gasteiger partial charge on any atom is 0.0874 e. The third kappa shape index (κ3) is 2.70. The van der Waals surface area contributed by atoms with Crippen LogP contribution in [0.5, 0.6) is 0 Å². The molecule has 31 heavy (non-hydrogen) atoms. The van der Waals surface area contributed by atoms with Gasteiger partial charge in [0.2, 0.25) is 0 Å². The summed E-state index contributed by atoms with van der Waals surface area (Å²) >= 11 is 8.25. The number of hydrogen-bond donors (Lipinski definition) is 0. The van der Waals surface area contributed by atoms with Crippen LogP contribution in [0, 0.1) is 17.3 Å². The van der Waals surface area contributed by atoms with E-state index in [9.17, 15) is 0 Å². The molecule has 0 amide bonds. The van der Waals surface area contributed by atoms with E-state index >= 15 is 0 Å². The van der Waals surface area contributed by atoms with Gasteiger partial charge in [-0.15, -0.1) is 0 Å². The number of benzene rings is 4. The number of rotatable bonds is 0. The fourth-order valence-corrected chi connectivity index (χ4v) is 9.13. The molecule has 1 spiro atoms. The Morgan fingerprint density at radius 1 is 0.548 bits per heavy atom. The van der Waals surface area contributed by atoms with Gasteiger partial charge >= 0.3 is 0 Å². The van der Waals surface area contributed by atoms with E-state index in [1.165, 1.54) is 53.6 Å². The van der Waals surface area contributed by atoms with Crippen molar-refractivity contribution in [1.29, 1.82) is 0 Å². The summed E-state index contributed by atoms with van der Waals surface area (Å²) < 4.78 is 0.0886. The van der Waals surface area contributed by atoms with E-state index in [0.717, 1.165) is 0 Å². The van der Waals surface area contributed by atoms with Gasteiger partial charge in [0.25, 0.3) is 0 Å². The minimum absolute atomic E-state index is 0.0886. The normalized spacial score (nSPS) is 28.1. The molecule has 154 valence electrons. The lowest BCUT2D eigenvalue weighted by Crippen LogP contribution is -2.31. The lowest BCUT2D eigenvalue weighted by atomic mass is 9.75. The van der Waals surface area contributed by atoms with E-state index in [-0.39, 0.29) is 3.23 Å². The molecular formula is C29H24Br2.